The lowest BCUT2D eigenvalue weighted by Gasteiger charge is -2.18. The normalized spacial score (nSPS) is 17.6. The summed E-state index contributed by atoms with van der Waals surface area (Å²) in [6.45, 7) is 1.78. The molecule has 0 radical (unpaired) electrons. The van der Waals surface area contributed by atoms with Crippen molar-refractivity contribution in [1.29, 1.82) is 5.26 Å². The number of hydrogen-bond acceptors (Lipinski definition) is 5. The second kappa shape index (κ2) is 9.88. The van der Waals surface area contributed by atoms with E-state index in [-0.39, 0.29) is 23.1 Å². The number of carbonyl (C=O) groups is 2. The number of esters is 1. The molecule has 1 aliphatic rings. The number of anilines is 1. The molecule has 3 rings (SSSR count). The minimum Gasteiger partial charge on any atom is -0.462 e. The number of ether oxygens (including phenoxy) is 1. The van der Waals surface area contributed by atoms with Gasteiger partial charge in [0.15, 0.2) is 5.57 Å². The summed E-state index contributed by atoms with van der Waals surface area (Å²) in [5.74, 6) is -0.993. The topological polar surface area (TPSA) is 70.4 Å². The van der Waals surface area contributed by atoms with Crippen LogP contribution in [-0.4, -0.2) is 23.7 Å². The molecule has 0 unspecified atom stereocenters. The zero-order valence-electron chi connectivity index (χ0n) is 15.7. The molecule has 0 aromatic heterocycles. The van der Waals surface area contributed by atoms with Crippen LogP contribution in [0.3, 0.4) is 0 Å². The number of halogens is 3. The number of nitriles is 1. The summed E-state index contributed by atoms with van der Waals surface area (Å²) >= 11 is 16.6. The molecule has 154 valence electrons. The fraction of sp³-hybridized carbons (Fsp3) is 0.190. The molecule has 2 aromatic carbocycles. The van der Waals surface area contributed by atoms with E-state index >= 15 is 0 Å². The molecule has 0 bridgehead atoms. The molecule has 1 saturated heterocycles. The van der Waals surface area contributed by atoms with Crippen LogP contribution in [0.5, 0.6) is 0 Å². The van der Waals surface area contributed by atoms with Crippen molar-refractivity contribution in [3.8, 4) is 6.07 Å². The fourth-order valence-electron chi connectivity index (χ4n) is 2.88. The van der Waals surface area contributed by atoms with Gasteiger partial charge >= 0.3 is 5.97 Å². The smallest absolute Gasteiger partial charge is 0.351 e. The van der Waals surface area contributed by atoms with Crippen molar-refractivity contribution in [2.75, 3.05) is 11.5 Å². The highest BCUT2D eigenvalue weighted by atomic mass is 79.9. The molecule has 1 amide bonds. The Hall–Kier alpha value is -1.98. The Kier molecular flexibility index (Phi) is 7.48. The van der Waals surface area contributed by atoms with Crippen molar-refractivity contribution >= 4 is 68.5 Å². The Morgan fingerprint density at radius 3 is 2.53 bits per heavy atom. The molecular formula is C21H15BrCl2N2O3S. The summed E-state index contributed by atoms with van der Waals surface area (Å²) in [5.41, 5.74) is 1.18. The highest BCUT2D eigenvalue weighted by molar-refractivity contribution is 9.10. The summed E-state index contributed by atoms with van der Waals surface area (Å²) in [7, 11) is 0. The van der Waals surface area contributed by atoms with E-state index in [0.717, 1.165) is 21.8 Å². The number of hydrogen-bond donors (Lipinski definition) is 0. The van der Waals surface area contributed by atoms with E-state index < -0.39 is 11.2 Å². The van der Waals surface area contributed by atoms with Crippen molar-refractivity contribution < 1.29 is 14.3 Å². The average molecular weight is 526 g/mol. The van der Waals surface area contributed by atoms with Gasteiger partial charge in [0.05, 0.1) is 21.9 Å². The van der Waals surface area contributed by atoms with E-state index in [4.69, 9.17) is 27.9 Å². The number of benzene rings is 2. The van der Waals surface area contributed by atoms with E-state index in [1.807, 2.05) is 6.07 Å². The van der Waals surface area contributed by atoms with Gasteiger partial charge in [0.2, 0.25) is 5.91 Å². The summed E-state index contributed by atoms with van der Waals surface area (Å²) in [5, 5.41) is 10.2. The van der Waals surface area contributed by atoms with Crippen molar-refractivity contribution in [2.45, 2.75) is 18.6 Å². The standard InChI is InChI=1S/C21H15BrCl2N2O3S/c1-2-29-21(28)15(11-25)20-26(14-6-4-13(22)5-7-14)19(27)18(30-20)10-12-3-8-16(23)17(24)9-12/h3-9,18H,2,10H2,1H3/b20-15-/t18-/m1/s1. The van der Waals surface area contributed by atoms with Crippen LogP contribution in [-0.2, 0) is 20.7 Å². The van der Waals surface area contributed by atoms with Crippen LogP contribution in [0.2, 0.25) is 10.0 Å². The number of amides is 1. The molecule has 9 heteroatoms. The van der Waals surface area contributed by atoms with Crippen LogP contribution in [0.1, 0.15) is 12.5 Å². The van der Waals surface area contributed by atoms with Gasteiger partial charge in [-0.3, -0.25) is 9.69 Å². The van der Waals surface area contributed by atoms with Crippen molar-refractivity contribution in [2.24, 2.45) is 0 Å². The Morgan fingerprint density at radius 1 is 1.23 bits per heavy atom. The average Bonchev–Trinajstić information content (AvgIpc) is 3.02. The number of carbonyl (C=O) groups excluding carboxylic acids is 2. The van der Waals surface area contributed by atoms with E-state index in [9.17, 15) is 14.9 Å². The first-order chi connectivity index (χ1) is 14.3. The monoisotopic (exact) mass is 524 g/mol. The largest absolute Gasteiger partial charge is 0.462 e. The minimum atomic E-state index is -0.757. The highest BCUT2D eigenvalue weighted by Crippen LogP contribution is 2.42. The molecular weight excluding hydrogens is 511 g/mol. The zero-order valence-corrected chi connectivity index (χ0v) is 19.6. The second-order valence-corrected chi connectivity index (χ2v) is 9.14. The predicted molar refractivity (Wildman–Crippen MR) is 122 cm³/mol. The molecule has 0 spiro atoms. The van der Waals surface area contributed by atoms with Gasteiger partial charge in [0.1, 0.15) is 11.1 Å². The summed E-state index contributed by atoms with van der Waals surface area (Å²) in [6, 6.07) is 14.1. The third-order valence-electron chi connectivity index (χ3n) is 4.25. The summed E-state index contributed by atoms with van der Waals surface area (Å²) < 4.78 is 5.86. The van der Waals surface area contributed by atoms with Gasteiger partial charge in [-0.25, -0.2) is 4.79 Å². The molecule has 1 aliphatic heterocycles. The molecule has 1 fully saturated rings. The van der Waals surface area contributed by atoms with E-state index in [2.05, 4.69) is 15.9 Å². The van der Waals surface area contributed by atoms with Crippen molar-refractivity contribution in [3.63, 3.8) is 0 Å². The SMILES string of the molecule is CCOC(=O)/C(C#N)=C1\S[C@H](Cc2ccc(Cl)c(Cl)c2)C(=O)N1c1ccc(Br)cc1. The molecule has 0 aliphatic carbocycles. The lowest BCUT2D eigenvalue weighted by molar-refractivity contribution is -0.138. The maximum atomic E-state index is 13.3. The fourth-order valence-corrected chi connectivity index (χ4v) is 4.77. The van der Waals surface area contributed by atoms with Crippen LogP contribution in [0.4, 0.5) is 5.69 Å². The highest BCUT2D eigenvalue weighted by Gasteiger charge is 2.41. The van der Waals surface area contributed by atoms with Crippen LogP contribution < -0.4 is 4.90 Å². The Labute approximate surface area is 196 Å². The van der Waals surface area contributed by atoms with Gasteiger partial charge in [-0.15, -0.1) is 0 Å². The first-order valence-corrected chi connectivity index (χ1v) is 11.3. The minimum absolute atomic E-state index is 0.126. The van der Waals surface area contributed by atoms with Crippen LogP contribution in [0.15, 0.2) is 57.5 Å². The summed E-state index contributed by atoms with van der Waals surface area (Å²) in [4.78, 5) is 27.0. The maximum Gasteiger partial charge on any atom is 0.351 e. The molecule has 30 heavy (non-hydrogen) atoms. The zero-order chi connectivity index (χ0) is 21.8. The van der Waals surface area contributed by atoms with Crippen LogP contribution in [0, 0.1) is 11.3 Å². The Morgan fingerprint density at radius 2 is 1.93 bits per heavy atom. The van der Waals surface area contributed by atoms with E-state index in [0.29, 0.717) is 22.2 Å². The third-order valence-corrected chi connectivity index (χ3v) is 6.78. The van der Waals surface area contributed by atoms with E-state index in [1.54, 1.807) is 49.4 Å². The van der Waals surface area contributed by atoms with Gasteiger partial charge in [-0.05, 0) is 55.3 Å². The third kappa shape index (κ3) is 4.84. The number of rotatable bonds is 5. The van der Waals surface area contributed by atoms with Gasteiger partial charge < -0.3 is 4.74 Å². The quantitative estimate of drug-likeness (QED) is 0.282. The van der Waals surface area contributed by atoms with E-state index in [1.165, 1.54) is 4.90 Å². The molecule has 2 aromatic rings. The molecule has 1 heterocycles. The Bertz CT molecular complexity index is 1070. The van der Waals surface area contributed by atoms with Crippen molar-refractivity contribution in [3.05, 3.63) is 73.1 Å². The number of thioether (sulfide) groups is 1. The van der Waals surface area contributed by atoms with Crippen LogP contribution in [0.25, 0.3) is 0 Å². The molecule has 0 N–H and O–H groups in total. The molecule has 0 saturated carbocycles. The van der Waals surface area contributed by atoms with Crippen LogP contribution >= 0.6 is 50.9 Å². The maximum absolute atomic E-state index is 13.3. The van der Waals surface area contributed by atoms with Crippen molar-refractivity contribution in [1.82, 2.24) is 0 Å². The lowest BCUT2D eigenvalue weighted by atomic mass is 10.1. The van der Waals surface area contributed by atoms with Gasteiger partial charge in [-0.1, -0.05) is 57.0 Å². The summed E-state index contributed by atoms with van der Waals surface area (Å²) in [6.07, 6.45) is 0.360. The lowest BCUT2D eigenvalue weighted by Crippen LogP contribution is -2.30. The first kappa shape index (κ1) is 22.7. The van der Waals surface area contributed by atoms with Gasteiger partial charge in [0, 0.05) is 10.2 Å². The Balaban J connectivity index is 2.03. The van der Waals surface area contributed by atoms with Gasteiger partial charge in [-0.2, -0.15) is 5.26 Å². The van der Waals surface area contributed by atoms with Gasteiger partial charge in [0.25, 0.3) is 0 Å². The first-order valence-electron chi connectivity index (χ1n) is 8.87. The second-order valence-electron chi connectivity index (χ2n) is 6.22. The molecule has 1 atom stereocenters. The molecule has 5 nitrogen and oxygen atoms in total. The predicted octanol–water partition coefficient (Wildman–Crippen LogP) is 5.75. The number of nitrogens with zero attached hydrogens (tertiary/aromatic N) is 2.